The van der Waals surface area contributed by atoms with Crippen LogP contribution in [0.15, 0.2) is 47.2 Å². The zero-order chi connectivity index (χ0) is 13.2. The summed E-state index contributed by atoms with van der Waals surface area (Å²) in [7, 11) is 0. The van der Waals surface area contributed by atoms with Crippen LogP contribution in [0, 0.1) is 11.6 Å². The SMILES string of the molecule is Cc1cscc1-c1nc(=S)cc(-c2ccccc2)[nH]1. The van der Waals surface area contributed by atoms with E-state index in [0.29, 0.717) is 4.64 Å². The Hall–Kier alpha value is -1.78. The molecule has 2 aromatic heterocycles. The summed E-state index contributed by atoms with van der Waals surface area (Å²) in [6, 6.07) is 12.1. The smallest absolute Gasteiger partial charge is 0.140 e. The lowest BCUT2D eigenvalue weighted by Crippen LogP contribution is -1.92. The molecule has 1 N–H and O–H groups in total. The van der Waals surface area contributed by atoms with E-state index in [1.54, 1.807) is 11.3 Å². The fourth-order valence-corrected chi connectivity index (χ4v) is 3.00. The van der Waals surface area contributed by atoms with Gasteiger partial charge in [-0.05, 0) is 29.5 Å². The van der Waals surface area contributed by atoms with E-state index >= 15 is 0 Å². The van der Waals surface area contributed by atoms with Gasteiger partial charge in [0, 0.05) is 16.6 Å². The Labute approximate surface area is 120 Å². The van der Waals surface area contributed by atoms with Crippen molar-refractivity contribution in [2.24, 2.45) is 0 Å². The molecule has 0 fully saturated rings. The average molecular weight is 284 g/mol. The van der Waals surface area contributed by atoms with E-state index in [0.717, 1.165) is 22.6 Å². The first-order valence-electron chi connectivity index (χ1n) is 5.94. The number of thiophene rings is 1. The topological polar surface area (TPSA) is 28.7 Å². The molecule has 0 saturated heterocycles. The Morgan fingerprint density at radius 2 is 1.95 bits per heavy atom. The summed E-state index contributed by atoms with van der Waals surface area (Å²) in [5.74, 6) is 0.838. The van der Waals surface area contributed by atoms with Gasteiger partial charge in [0.1, 0.15) is 10.5 Å². The Morgan fingerprint density at radius 3 is 2.63 bits per heavy atom. The molecular formula is C15H12N2S2. The van der Waals surface area contributed by atoms with Gasteiger partial charge in [-0.2, -0.15) is 11.3 Å². The Bertz CT molecular complexity index is 757. The van der Waals surface area contributed by atoms with E-state index < -0.39 is 0 Å². The van der Waals surface area contributed by atoms with Crippen molar-refractivity contribution in [3.63, 3.8) is 0 Å². The van der Waals surface area contributed by atoms with Gasteiger partial charge >= 0.3 is 0 Å². The van der Waals surface area contributed by atoms with E-state index in [4.69, 9.17) is 12.2 Å². The van der Waals surface area contributed by atoms with Crippen LogP contribution in [0.3, 0.4) is 0 Å². The molecule has 4 heteroatoms. The van der Waals surface area contributed by atoms with Crippen LogP contribution in [0.4, 0.5) is 0 Å². The molecule has 0 spiro atoms. The van der Waals surface area contributed by atoms with Gasteiger partial charge in [-0.15, -0.1) is 0 Å². The minimum atomic E-state index is 0.609. The minimum Gasteiger partial charge on any atom is -0.339 e. The number of benzene rings is 1. The highest BCUT2D eigenvalue weighted by molar-refractivity contribution is 7.71. The van der Waals surface area contributed by atoms with Crippen LogP contribution in [-0.4, -0.2) is 9.97 Å². The minimum absolute atomic E-state index is 0.609. The predicted octanol–water partition coefficient (Wildman–Crippen LogP) is 4.84. The third-order valence-corrected chi connectivity index (χ3v) is 4.01. The molecule has 3 aromatic rings. The highest BCUT2D eigenvalue weighted by atomic mass is 32.1. The van der Waals surface area contributed by atoms with Crippen LogP contribution >= 0.6 is 23.6 Å². The van der Waals surface area contributed by atoms with Crippen molar-refractivity contribution >= 4 is 23.6 Å². The molecule has 0 aliphatic carbocycles. The van der Waals surface area contributed by atoms with E-state index in [2.05, 4.69) is 39.8 Å². The first-order chi connectivity index (χ1) is 9.24. The number of aromatic amines is 1. The van der Waals surface area contributed by atoms with Crippen molar-refractivity contribution in [2.75, 3.05) is 0 Å². The lowest BCUT2D eigenvalue weighted by molar-refractivity contribution is 1.16. The summed E-state index contributed by atoms with van der Waals surface area (Å²) in [5.41, 5.74) is 4.45. The maximum atomic E-state index is 5.28. The second-order valence-electron chi connectivity index (χ2n) is 4.32. The van der Waals surface area contributed by atoms with Crippen LogP contribution in [0.25, 0.3) is 22.6 Å². The van der Waals surface area contributed by atoms with Crippen molar-refractivity contribution < 1.29 is 0 Å². The Balaban J connectivity index is 2.17. The van der Waals surface area contributed by atoms with Crippen molar-refractivity contribution in [1.82, 2.24) is 9.97 Å². The van der Waals surface area contributed by atoms with Crippen molar-refractivity contribution in [3.05, 3.63) is 57.4 Å². The molecule has 0 unspecified atom stereocenters. The Morgan fingerprint density at radius 1 is 1.16 bits per heavy atom. The number of nitrogens with one attached hydrogen (secondary N) is 1. The number of hydrogen-bond acceptors (Lipinski definition) is 3. The summed E-state index contributed by atoms with van der Waals surface area (Å²) in [4.78, 5) is 7.80. The normalized spacial score (nSPS) is 10.6. The highest BCUT2D eigenvalue weighted by Crippen LogP contribution is 2.26. The summed E-state index contributed by atoms with van der Waals surface area (Å²) >= 11 is 6.95. The fourth-order valence-electron chi connectivity index (χ4n) is 1.96. The van der Waals surface area contributed by atoms with Crippen LogP contribution in [0.5, 0.6) is 0 Å². The number of nitrogens with zero attached hydrogens (tertiary/aromatic N) is 1. The van der Waals surface area contributed by atoms with Gasteiger partial charge in [0.15, 0.2) is 0 Å². The highest BCUT2D eigenvalue weighted by Gasteiger charge is 2.07. The molecule has 0 saturated carbocycles. The molecule has 19 heavy (non-hydrogen) atoms. The van der Waals surface area contributed by atoms with Gasteiger partial charge in [0.2, 0.25) is 0 Å². The van der Waals surface area contributed by atoms with E-state index in [9.17, 15) is 0 Å². The second-order valence-corrected chi connectivity index (χ2v) is 5.48. The van der Waals surface area contributed by atoms with E-state index in [1.165, 1.54) is 5.56 Å². The van der Waals surface area contributed by atoms with Crippen molar-refractivity contribution in [1.29, 1.82) is 0 Å². The first-order valence-corrected chi connectivity index (χ1v) is 7.29. The summed E-state index contributed by atoms with van der Waals surface area (Å²) < 4.78 is 0.609. The summed E-state index contributed by atoms with van der Waals surface area (Å²) in [5, 5.41) is 4.21. The lowest BCUT2D eigenvalue weighted by Gasteiger charge is -2.06. The summed E-state index contributed by atoms with van der Waals surface area (Å²) in [6.07, 6.45) is 0. The van der Waals surface area contributed by atoms with Crippen LogP contribution in [0.2, 0.25) is 0 Å². The van der Waals surface area contributed by atoms with Crippen molar-refractivity contribution in [2.45, 2.75) is 6.92 Å². The molecular weight excluding hydrogens is 272 g/mol. The van der Waals surface area contributed by atoms with Gasteiger partial charge in [0.05, 0.1) is 0 Å². The molecule has 0 radical (unpaired) electrons. The fraction of sp³-hybridized carbons (Fsp3) is 0.0667. The van der Waals surface area contributed by atoms with Gasteiger partial charge < -0.3 is 4.98 Å². The molecule has 0 aliphatic rings. The monoisotopic (exact) mass is 284 g/mol. The molecule has 0 amide bonds. The summed E-state index contributed by atoms with van der Waals surface area (Å²) in [6.45, 7) is 2.08. The number of aryl methyl sites for hydroxylation is 1. The second kappa shape index (κ2) is 5.07. The van der Waals surface area contributed by atoms with Crippen LogP contribution in [-0.2, 0) is 0 Å². The molecule has 2 heterocycles. The maximum Gasteiger partial charge on any atom is 0.140 e. The number of rotatable bonds is 2. The zero-order valence-corrected chi connectivity index (χ0v) is 12.0. The number of H-pyrrole nitrogens is 1. The third kappa shape index (κ3) is 2.50. The standard InChI is InChI=1S/C15H12N2S2/c1-10-8-19-9-12(10)15-16-13(7-14(18)17-15)11-5-3-2-4-6-11/h2-9H,1H3,(H,16,17,18). The van der Waals surface area contributed by atoms with Gasteiger partial charge in [0.25, 0.3) is 0 Å². The molecule has 2 nitrogen and oxygen atoms in total. The van der Waals surface area contributed by atoms with Gasteiger partial charge in [-0.3, -0.25) is 0 Å². The molecule has 94 valence electrons. The van der Waals surface area contributed by atoms with Crippen molar-refractivity contribution in [3.8, 4) is 22.6 Å². The van der Waals surface area contributed by atoms with E-state index in [1.807, 2.05) is 24.3 Å². The lowest BCUT2D eigenvalue weighted by atomic mass is 10.1. The maximum absolute atomic E-state index is 5.28. The number of hydrogen-bond donors (Lipinski definition) is 1. The van der Waals surface area contributed by atoms with Crippen LogP contribution in [0.1, 0.15) is 5.56 Å². The molecule has 0 bridgehead atoms. The Kier molecular flexibility index (Phi) is 3.27. The largest absolute Gasteiger partial charge is 0.339 e. The third-order valence-electron chi connectivity index (χ3n) is 2.94. The molecule has 0 atom stereocenters. The number of aromatic nitrogens is 2. The predicted molar refractivity (Wildman–Crippen MR) is 82.9 cm³/mol. The molecule has 1 aromatic carbocycles. The van der Waals surface area contributed by atoms with Gasteiger partial charge in [-0.1, -0.05) is 42.5 Å². The zero-order valence-electron chi connectivity index (χ0n) is 10.4. The quantitative estimate of drug-likeness (QED) is 0.682. The van der Waals surface area contributed by atoms with E-state index in [-0.39, 0.29) is 0 Å². The van der Waals surface area contributed by atoms with Crippen LogP contribution < -0.4 is 0 Å². The molecule has 3 rings (SSSR count). The first kappa shape index (κ1) is 12.3. The molecule has 0 aliphatic heterocycles. The van der Waals surface area contributed by atoms with Gasteiger partial charge in [-0.25, -0.2) is 4.98 Å². The average Bonchev–Trinajstić information content (AvgIpc) is 2.85.